The zero-order chi connectivity index (χ0) is 16.2. The van der Waals surface area contributed by atoms with Gasteiger partial charge in [0.05, 0.1) is 11.7 Å². The Morgan fingerprint density at radius 3 is 2.64 bits per heavy atom. The van der Waals surface area contributed by atoms with Crippen LogP contribution in [0.25, 0.3) is 0 Å². The molecule has 1 aromatic heterocycles. The smallest absolute Gasteiger partial charge is 0.271 e. The molecule has 1 atom stereocenters. The normalized spacial score (nSPS) is 12.4. The van der Waals surface area contributed by atoms with E-state index < -0.39 is 10.0 Å². The first-order valence-electron chi connectivity index (χ1n) is 6.52. The van der Waals surface area contributed by atoms with Crippen LogP contribution in [0.5, 0.6) is 0 Å². The van der Waals surface area contributed by atoms with Crippen LogP contribution in [0.4, 0.5) is 5.69 Å². The lowest BCUT2D eigenvalue weighted by molar-refractivity contribution is -0.117. The van der Waals surface area contributed by atoms with Crippen LogP contribution in [-0.2, 0) is 14.8 Å². The second-order valence-corrected chi connectivity index (χ2v) is 7.42. The molecule has 2 aromatic rings. The van der Waals surface area contributed by atoms with Crippen LogP contribution < -0.4 is 10.0 Å². The van der Waals surface area contributed by atoms with Gasteiger partial charge in [-0.2, -0.15) is 0 Å². The van der Waals surface area contributed by atoms with E-state index in [2.05, 4.69) is 16.6 Å². The first kappa shape index (κ1) is 16.3. The number of rotatable bonds is 6. The standard InChI is InChI=1S/C15H16N2O3S2/c1-3-14(18)16-11(2)12-7-4-5-8-13(12)17-22(19,20)15-9-6-10-21-15/h3-11,17H,1H2,2H3,(H,16,18). The van der Waals surface area contributed by atoms with Crippen molar-refractivity contribution in [1.82, 2.24) is 5.32 Å². The second kappa shape index (κ2) is 6.76. The zero-order valence-electron chi connectivity index (χ0n) is 11.9. The lowest BCUT2D eigenvalue weighted by atomic mass is 10.1. The molecule has 22 heavy (non-hydrogen) atoms. The number of benzene rings is 1. The Hall–Kier alpha value is -2.12. The molecule has 7 heteroatoms. The Labute approximate surface area is 133 Å². The third-order valence-corrected chi connectivity index (χ3v) is 5.74. The monoisotopic (exact) mass is 336 g/mol. The van der Waals surface area contributed by atoms with Gasteiger partial charge in [0.2, 0.25) is 5.91 Å². The summed E-state index contributed by atoms with van der Waals surface area (Å²) in [6.07, 6.45) is 1.18. The number of carbonyl (C=O) groups excluding carboxylic acids is 1. The summed E-state index contributed by atoms with van der Waals surface area (Å²) < 4.78 is 27.4. The highest BCUT2D eigenvalue weighted by molar-refractivity contribution is 7.94. The van der Waals surface area contributed by atoms with E-state index >= 15 is 0 Å². The van der Waals surface area contributed by atoms with Gasteiger partial charge in [-0.3, -0.25) is 9.52 Å². The largest absolute Gasteiger partial charge is 0.346 e. The summed E-state index contributed by atoms with van der Waals surface area (Å²) in [5.41, 5.74) is 1.12. The van der Waals surface area contributed by atoms with Crippen molar-refractivity contribution in [2.24, 2.45) is 0 Å². The Morgan fingerprint density at radius 1 is 1.27 bits per heavy atom. The average molecular weight is 336 g/mol. The minimum absolute atomic E-state index is 0.241. The van der Waals surface area contributed by atoms with Crippen molar-refractivity contribution in [3.05, 3.63) is 60.0 Å². The number of anilines is 1. The van der Waals surface area contributed by atoms with Gasteiger partial charge in [-0.25, -0.2) is 8.42 Å². The Bertz CT molecular complexity index is 768. The fraction of sp³-hybridized carbons (Fsp3) is 0.133. The van der Waals surface area contributed by atoms with Crippen LogP contribution in [0, 0.1) is 0 Å². The van der Waals surface area contributed by atoms with Gasteiger partial charge in [-0.1, -0.05) is 30.8 Å². The van der Waals surface area contributed by atoms with E-state index in [1.54, 1.807) is 48.7 Å². The summed E-state index contributed by atoms with van der Waals surface area (Å²) in [6.45, 7) is 5.18. The molecule has 0 fully saturated rings. The molecule has 0 radical (unpaired) electrons. The minimum atomic E-state index is -3.62. The SMILES string of the molecule is C=CC(=O)NC(C)c1ccccc1NS(=O)(=O)c1cccs1. The summed E-state index contributed by atoms with van der Waals surface area (Å²) in [4.78, 5) is 11.4. The van der Waals surface area contributed by atoms with E-state index in [-0.39, 0.29) is 16.2 Å². The van der Waals surface area contributed by atoms with Crippen LogP contribution in [0.3, 0.4) is 0 Å². The molecule has 2 rings (SSSR count). The van der Waals surface area contributed by atoms with E-state index in [9.17, 15) is 13.2 Å². The number of para-hydroxylation sites is 1. The van der Waals surface area contributed by atoms with Crippen molar-refractivity contribution < 1.29 is 13.2 Å². The maximum absolute atomic E-state index is 12.3. The van der Waals surface area contributed by atoms with Crippen LogP contribution >= 0.6 is 11.3 Å². The molecule has 0 bridgehead atoms. The molecular weight excluding hydrogens is 320 g/mol. The molecule has 0 aliphatic carbocycles. The summed E-state index contributed by atoms with van der Waals surface area (Å²) >= 11 is 1.14. The number of carbonyl (C=O) groups is 1. The molecule has 5 nitrogen and oxygen atoms in total. The van der Waals surface area contributed by atoms with E-state index in [0.29, 0.717) is 11.3 Å². The van der Waals surface area contributed by atoms with Gasteiger partial charge in [0.1, 0.15) is 4.21 Å². The Kier molecular flexibility index (Phi) is 4.99. The zero-order valence-corrected chi connectivity index (χ0v) is 13.6. The van der Waals surface area contributed by atoms with Crippen molar-refractivity contribution in [3.8, 4) is 0 Å². The van der Waals surface area contributed by atoms with Crippen molar-refractivity contribution in [2.45, 2.75) is 17.2 Å². The minimum Gasteiger partial charge on any atom is -0.346 e. The fourth-order valence-corrected chi connectivity index (χ4v) is 4.01. The maximum Gasteiger partial charge on any atom is 0.271 e. The highest BCUT2D eigenvalue weighted by Gasteiger charge is 2.19. The molecule has 1 heterocycles. The number of nitrogens with one attached hydrogen (secondary N) is 2. The third kappa shape index (κ3) is 3.75. The van der Waals surface area contributed by atoms with Gasteiger partial charge in [0.15, 0.2) is 0 Å². The van der Waals surface area contributed by atoms with Gasteiger partial charge >= 0.3 is 0 Å². The molecule has 116 valence electrons. The lowest BCUT2D eigenvalue weighted by Gasteiger charge is -2.18. The predicted octanol–water partition coefficient (Wildman–Crippen LogP) is 2.91. The quantitative estimate of drug-likeness (QED) is 0.797. The van der Waals surface area contributed by atoms with Gasteiger partial charge < -0.3 is 5.32 Å². The summed E-state index contributed by atoms with van der Waals surface area (Å²) in [6, 6.07) is 9.81. The maximum atomic E-state index is 12.3. The summed E-state index contributed by atoms with van der Waals surface area (Å²) in [7, 11) is -3.62. The molecule has 0 aliphatic rings. The topological polar surface area (TPSA) is 75.3 Å². The van der Waals surface area contributed by atoms with E-state index in [0.717, 1.165) is 11.3 Å². The molecule has 0 saturated heterocycles. The van der Waals surface area contributed by atoms with Crippen LogP contribution in [0.15, 0.2) is 58.6 Å². The Morgan fingerprint density at radius 2 is 2.00 bits per heavy atom. The van der Waals surface area contributed by atoms with Crippen molar-refractivity contribution in [3.63, 3.8) is 0 Å². The van der Waals surface area contributed by atoms with E-state index in [1.165, 1.54) is 6.08 Å². The molecular formula is C15H16N2O3S2. The molecule has 0 spiro atoms. The van der Waals surface area contributed by atoms with Gasteiger partial charge in [0, 0.05) is 0 Å². The first-order valence-corrected chi connectivity index (χ1v) is 8.88. The second-order valence-electron chi connectivity index (χ2n) is 4.56. The predicted molar refractivity (Wildman–Crippen MR) is 88.3 cm³/mol. The van der Waals surface area contributed by atoms with Crippen LogP contribution in [0.2, 0.25) is 0 Å². The molecule has 0 aliphatic heterocycles. The summed E-state index contributed by atoms with van der Waals surface area (Å²) in [5.74, 6) is -0.316. The third-order valence-electron chi connectivity index (χ3n) is 2.98. The van der Waals surface area contributed by atoms with Crippen molar-refractivity contribution in [1.29, 1.82) is 0 Å². The van der Waals surface area contributed by atoms with Crippen molar-refractivity contribution >= 4 is 33.0 Å². The van der Waals surface area contributed by atoms with Crippen LogP contribution in [-0.4, -0.2) is 14.3 Å². The highest BCUT2D eigenvalue weighted by Crippen LogP contribution is 2.26. The number of hydrogen-bond donors (Lipinski definition) is 2. The number of amides is 1. The molecule has 1 aromatic carbocycles. The average Bonchev–Trinajstić information content (AvgIpc) is 3.02. The van der Waals surface area contributed by atoms with Crippen LogP contribution in [0.1, 0.15) is 18.5 Å². The molecule has 2 N–H and O–H groups in total. The lowest BCUT2D eigenvalue weighted by Crippen LogP contribution is -2.25. The Balaban J connectivity index is 2.29. The fourth-order valence-electron chi connectivity index (χ4n) is 1.93. The molecule has 1 unspecified atom stereocenters. The number of hydrogen-bond acceptors (Lipinski definition) is 4. The first-order chi connectivity index (χ1) is 10.4. The number of thiophene rings is 1. The van der Waals surface area contributed by atoms with Gasteiger partial charge in [0.25, 0.3) is 10.0 Å². The highest BCUT2D eigenvalue weighted by atomic mass is 32.2. The summed E-state index contributed by atoms with van der Waals surface area (Å²) in [5, 5.41) is 4.42. The van der Waals surface area contributed by atoms with E-state index in [4.69, 9.17) is 0 Å². The van der Waals surface area contributed by atoms with Crippen molar-refractivity contribution in [2.75, 3.05) is 4.72 Å². The molecule has 1 amide bonds. The molecule has 0 saturated carbocycles. The van der Waals surface area contributed by atoms with E-state index in [1.807, 2.05) is 0 Å². The van der Waals surface area contributed by atoms with Gasteiger partial charge in [-0.05, 0) is 36.1 Å². The number of sulfonamides is 1. The van der Waals surface area contributed by atoms with Gasteiger partial charge in [-0.15, -0.1) is 11.3 Å².